The number of nitrogens with zero attached hydrogens (tertiary/aromatic N) is 5. The summed E-state index contributed by atoms with van der Waals surface area (Å²) in [6.07, 6.45) is 20.8. The van der Waals surface area contributed by atoms with Crippen LogP contribution in [-0.2, 0) is 33.6 Å². The van der Waals surface area contributed by atoms with Crippen LogP contribution in [0.2, 0.25) is 0 Å². The lowest BCUT2D eigenvalue weighted by molar-refractivity contribution is 0.408. The van der Waals surface area contributed by atoms with E-state index in [-0.39, 0.29) is 27.2 Å². The Labute approximate surface area is 371 Å². The molecule has 1 aliphatic rings. The second-order valence-electron chi connectivity index (χ2n) is 21.2. The fraction of sp³-hybridized carbons (Fsp3) is 0.382. The van der Waals surface area contributed by atoms with Crippen molar-refractivity contribution in [3.8, 4) is 0 Å². The topological polar surface area (TPSA) is 88.1 Å². The van der Waals surface area contributed by atoms with Crippen molar-refractivity contribution in [3.05, 3.63) is 162 Å². The predicted octanol–water partition coefficient (Wildman–Crippen LogP) is 14.4. The summed E-state index contributed by atoms with van der Waals surface area (Å²) in [6, 6.07) is 25.3. The Morgan fingerprint density at radius 1 is 0.532 bits per heavy atom. The van der Waals surface area contributed by atoms with Crippen molar-refractivity contribution in [2.45, 2.75) is 137 Å². The number of rotatable bonds is 0. The van der Waals surface area contributed by atoms with Crippen LogP contribution in [0.4, 0.5) is 0 Å². The molecule has 62 heavy (non-hydrogen) atoms. The number of aromatic amines is 2. The van der Waals surface area contributed by atoms with E-state index >= 15 is 0 Å². The average Bonchev–Trinajstić information content (AvgIpc) is 4.03. The van der Waals surface area contributed by atoms with E-state index in [0.29, 0.717) is 0 Å². The maximum absolute atomic E-state index is 4.35. The van der Waals surface area contributed by atoms with Crippen LogP contribution >= 0.6 is 0 Å². The number of pyridine rings is 3. The van der Waals surface area contributed by atoms with E-state index < -0.39 is 0 Å². The number of H-pyrrole nitrogens is 2. The van der Waals surface area contributed by atoms with E-state index in [1.54, 1.807) is 0 Å². The van der Waals surface area contributed by atoms with Gasteiger partial charge in [-0.3, -0.25) is 9.97 Å². The maximum atomic E-state index is 4.35. The summed E-state index contributed by atoms with van der Waals surface area (Å²) >= 11 is 0. The molecule has 0 saturated carbocycles. The van der Waals surface area contributed by atoms with Gasteiger partial charge in [0.1, 0.15) is 5.65 Å². The molecule has 326 valence electrons. The van der Waals surface area contributed by atoms with Crippen molar-refractivity contribution in [1.29, 1.82) is 0 Å². The van der Waals surface area contributed by atoms with Crippen LogP contribution in [0, 0.1) is 0 Å². The molecule has 0 aliphatic heterocycles. The minimum Gasteiger partial charge on any atom is -0.360 e. The zero-order valence-corrected chi connectivity index (χ0v) is 40.1. The van der Waals surface area contributed by atoms with Crippen molar-refractivity contribution in [2.24, 2.45) is 0 Å². The SMILES string of the molecule is CC(C)(C)c1cccc2c1C=CC2.CC(C)(C)c1ccnc2[nH]ccc12.CC(C)(C)c1ccncc1.CC(C)(C)c1cncc2[nH]ccc12.CC(C)(C)n1cnc2ccccc21. The van der Waals surface area contributed by atoms with E-state index in [1.165, 1.54) is 49.7 Å². The highest BCUT2D eigenvalue weighted by Gasteiger charge is 2.21. The van der Waals surface area contributed by atoms with Crippen LogP contribution in [0.15, 0.2) is 129 Å². The van der Waals surface area contributed by atoms with Crippen molar-refractivity contribution in [3.63, 3.8) is 0 Å². The predicted molar refractivity (Wildman–Crippen MR) is 265 cm³/mol. The summed E-state index contributed by atoms with van der Waals surface area (Å²) in [4.78, 5) is 23.1. The highest BCUT2D eigenvalue weighted by atomic mass is 15.1. The average molecular weight is 830 g/mol. The van der Waals surface area contributed by atoms with Gasteiger partial charge in [-0.2, -0.15) is 0 Å². The minimum atomic E-state index is 0.107. The molecule has 0 bridgehead atoms. The highest BCUT2D eigenvalue weighted by Crippen LogP contribution is 2.32. The van der Waals surface area contributed by atoms with Gasteiger partial charge in [0.2, 0.25) is 0 Å². The first-order valence-corrected chi connectivity index (χ1v) is 21.9. The van der Waals surface area contributed by atoms with E-state index in [2.05, 4.69) is 205 Å². The number of allylic oxidation sites excluding steroid dienone is 1. The summed E-state index contributed by atoms with van der Waals surface area (Å²) < 4.78 is 2.20. The van der Waals surface area contributed by atoms with Crippen molar-refractivity contribution in [2.75, 3.05) is 0 Å². The largest absolute Gasteiger partial charge is 0.360 e. The molecule has 6 aromatic heterocycles. The second-order valence-corrected chi connectivity index (χ2v) is 21.2. The number of imidazole rings is 1. The number of benzene rings is 2. The van der Waals surface area contributed by atoms with Crippen molar-refractivity contribution >= 4 is 39.0 Å². The first-order valence-electron chi connectivity index (χ1n) is 21.9. The van der Waals surface area contributed by atoms with Gasteiger partial charge in [-0.05, 0) is 125 Å². The van der Waals surface area contributed by atoms with E-state index in [1.807, 2.05) is 67.9 Å². The fourth-order valence-corrected chi connectivity index (χ4v) is 7.48. The maximum Gasteiger partial charge on any atom is 0.137 e. The standard InChI is InChI=1S/C13H16.3C11H14N2.C9H13N/c1-13(2,3)12-9-5-7-10-6-4-8-11(10)12;1-11(2,3)9-5-7-13-10-8(9)4-6-12-10;1-11(2,3)9-6-12-7-10-8(9)4-5-13-10;1-11(2,3)13-8-12-9-6-4-5-7-10(9)13;1-9(2,3)8-4-6-10-7-5-8/h4-5,7-9H,6H2,1-3H3;4-7H,1-3H3,(H,12,13);4-7,13H,1-3H3;4-8H,1-3H3;4-7H,1-3H3. The zero-order chi connectivity index (χ0) is 45.5. The molecular weight excluding hydrogens is 759 g/mol. The third-order valence-corrected chi connectivity index (χ3v) is 10.9. The molecule has 0 unspecified atom stereocenters. The van der Waals surface area contributed by atoms with Crippen LogP contribution < -0.4 is 0 Å². The molecule has 7 heteroatoms. The molecule has 2 aromatic carbocycles. The highest BCUT2D eigenvalue weighted by molar-refractivity contribution is 5.83. The smallest absolute Gasteiger partial charge is 0.137 e. The molecule has 8 aromatic rings. The van der Waals surface area contributed by atoms with Crippen LogP contribution in [0.25, 0.3) is 39.0 Å². The van der Waals surface area contributed by atoms with Gasteiger partial charge in [0.05, 0.1) is 29.1 Å². The van der Waals surface area contributed by atoms with Gasteiger partial charge in [-0.15, -0.1) is 0 Å². The lowest BCUT2D eigenvalue weighted by Gasteiger charge is -2.22. The molecule has 1 aliphatic carbocycles. The van der Waals surface area contributed by atoms with E-state index in [9.17, 15) is 0 Å². The zero-order valence-electron chi connectivity index (χ0n) is 40.1. The molecule has 0 saturated heterocycles. The quantitative estimate of drug-likeness (QED) is 0.159. The fourth-order valence-electron chi connectivity index (χ4n) is 7.48. The van der Waals surface area contributed by atoms with Crippen LogP contribution in [0.5, 0.6) is 0 Å². The van der Waals surface area contributed by atoms with Gasteiger partial charge in [-0.25, -0.2) is 9.97 Å². The van der Waals surface area contributed by atoms with Crippen LogP contribution in [-0.4, -0.2) is 34.5 Å². The summed E-state index contributed by atoms with van der Waals surface area (Å²) in [6.45, 7) is 33.2. The van der Waals surface area contributed by atoms with Gasteiger partial charge >= 0.3 is 0 Å². The summed E-state index contributed by atoms with van der Waals surface area (Å²) in [5.41, 5.74) is 13.7. The Hall–Kier alpha value is -5.82. The normalized spacial score (nSPS) is 12.6. The Kier molecular flexibility index (Phi) is 14.5. The van der Waals surface area contributed by atoms with Gasteiger partial charge < -0.3 is 14.5 Å². The number of fused-ring (bicyclic) bond motifs is 4. The van der Waals surface area contributed by atoms with Crippen LogP contribution in [0.3, 0.4) is 0 Å². The lowest BCUT2D eigenvalue weighted by Crippen LogP contribution is -2.20. The molecular formula is C55H71N7. The molecule has 6 heterocycles. The van der Waals surface area contributed by atoms with E-state index in [0.717, 1.165) is 23.1 Å². The Morgan fingerprint density at radius 3 is 1.81 bits per heavy atom. The van der Waals surface area contributed by atoms with Gasteiger partial charge in [-0.1, -0.05) is 126 Å². The van der Waals surface area contributed by atoms with E-state index in [4.69, 9.17) is 0 Å². The Morgan fingerprint density at radius 2 is 1.18 bits per heavy atom. The first-order chi connectivity index (χ1) is 29.0. The molecule has 0 radical (unpaired) electrons. The molecule has 0 atom stereocenters. The van der Waals surface area contributed by atoms with Crippen molar-refractivity contribution < 1.29 is 0 Å². The van der Waals surface area contributed by atoms with Crippen molar-refractivity contribution in [1.82, 2.24) is 34.5 Å². The molecule has 7 nitrogen and oxygen atoms in total. The summed E-state index contributed by atoms with van der Waals surface area (Å²) in [7, 11) is 0. The molecule has 9 rings (SSSR count). The summed E-state index contributed by atoms with van der Waals surface area (Å²) in [5, 5.41) is 2.51. The monoisotopic (exact) mass is 830 g/mol. The number of nitrogens with one attached hydrogen (secondary N) is 2. The third-order valence-electron chi connectivity index (χ3n) is 10.9. The number of para-hydroxylation sites is 2. The molecule has 0 fully saturated rings. The Balaban J connectivity index is 0.000000147. The molecule has 0 spiro atoms. The number of hydrogen-bond acceptors (Lipinski definition) is 4. The Bertz CT molecular complexity index is 2580. The van der Waals surface area contributed by atoms with Gasteiger partial charge in [0, 0.05) is 53.5 Å². The third kappa shape index (κ3) is 12.2. The number of aromatic nitrogens is 7. The van der Waals surface area contributed by atoms with Gasteiger partial charge in [0.15, 0.2) is 0 Å². The lowest BCUT2D eigenvalue weighted by atomic mass is 9.83. The van der Waals surface area contributed by atoms with Crippen LogP contribution in [0.1, 0.15) is 137 Å². The first kappa shape index (κ1) is 47.2. The van der Waals surface area contributed by atoms with Gasteiger partial charge in [0.25, 0.3) is 0 Å². The molecule has 0 amide bonds. The number of hydrogen-bond donors (Lipinski definition) is 2. The second kappa shape index (κ2) is 19.1. The minimum absolute atomic E-state index is 0.107. The summed E-state index contributed by atoms with van der Waals surface area (Å²) in [5.74, 6) is 0. The molecule has 2 N–H and O–H groups in total.